The van der Waals surface area contributed by atoms with Crippen LogP contribution < -0.4 is 5.32 Å². The van der Waals surface area contributed by atoms with Gasteiger partial charge in [-0.15, -0.1) is 0 Å². The minimum Gasteiger partial charge on any atom is -0.508 e. The third-order valence-corrected chi connectivity index (χ3v) is 8.05. The maximum atomic E-state index is 12.9. The van der Waals surface area contributed by atoms with E-state index in [1.54, 1.807) is 25.3 Å². The molecule has 32 heavy (non-hydrogen) atoms. The number of likely N-dealkylation sites (tertiary alicyclic amines) is 1. The largest absolute Gasteiger partial charge is 0.508 e. The lowest BCUT2D eigenvalue weighted by molar-refractivity contribution is -0.147. The van der Waals surface area contributed by atoms with Crippen molar-refractivity contribution in [3.63, 3.8) is 0 Å². The summed E-state index contributed by atoms with van der Waals surface area (Å²) in [5.41, 5.74) is 1.27. The molecule has 0 bridgehead atoms. The van der Waals surface area contributed by atoms with Crippen LogP contribution in [0, 0.1) is 0 Å². The Bertz CT molecular complexity index is 1000. The van der Waals surface area contributed by atoms with Gasteiger partial charge in [-0.25, -0.2) is 0 Å². The summed E-state index contributed by atoms with van der Waals surface area (Å²) in [5.74, 6) is 0.226. The Morgan fingerprint density at radius 2 is 2.03 bits per heavy atom. The number of hydrogen-bond donors (Lipinski definition) is 2. The molecule has 0 aromatic heterocycles. The molecule has 1 aliphatic heterocycles. The average molecular weight is 477 g/mol. The molecule has 1 aliphatic carbocycles. The first-order valence-electron chi connectivity index (χ1n) is 11.0. The van der Waals surface area contributed by atoms with Crippen LogP contribution in [0.3, 0.4) is 0 Å². The Morgan fingerprint density at radius 3 is 2.75 bits per heavy atom. The van der Waals surface area contributed by atoms with Crippen LogP contribution in [-0.4, -0.2) is 54.8 Å². The maximum Gasteiger partial charge on any atom is 0.224 e. The molecule has 2 aromatic rings. The number of nitrogens with one attached hydrogen (secondary N) is 1. The highest BCUT2D eigenvalue weighted by Gasteiger charge is 2.58. The van der Waals surface area contributed by atoms with Crippen molar-refractivity contribution in [3.8, 4) is 5.75 Å². The molecule has 2 N–H and O–H groups in total. The van der Waals surface area contributed by atoms with E-state index >= 15 is 0 Å². The number of carbonyl (C=O) groups excluding carboxylic acids is 1. The molecule has 3 atom stereocenters. The molecule has 1 heterocycles. The third-order valence-electron chi connectivity index (χ3n) is 7.31. The fraction of sp³-hybridized carbons (Fsp3) is 0.480. The number of carbonyl (C=O) groups is 1. The van der Waals surface area contributed by atoms with E-state index in [2.05, 4.69) is 23.3 Å². The first-order chi connectivity index (χ1) is 15.3. The number of piperidine rings is 1. The van der Waals surface area contributed by atoms with Crippen molar-refractivity contribution in [1.29, 1.82) is 0 Å². The van der Waals surface area contributed by atoms with E-state index in [1.165, 1.54) is 0 Å². The number of phenolic OH excluding ortho intramolecular Hbond substituents is 1. The van der Waals surface area contributed by atoms with E-state index < -0.39 is 0 Å². The third kappa shape index (κ3) is 4.36. The number of likely N-dealkylation sites (N-methyl/N-ethyl adjacent to an activating group) is 1. The normalized spacial score (nSPS) is 28.2. The smallest absolute Gasteiger partial charge is 0.224 e. The molecule has 2 fully saturated rings. The van der Waals surface area contributed by atoms with Crippen molar-refractivity contribution in [1.82, 2.24) is 10.2 Å². The molecule has 1 amide bonds. The van der Waals surface area contributed by atoms with Crippen molar-refractivity contribution in [3.05, 3.63) is 63.6 Å². The molecule has 5 nitrogen and oxygen atoms in total. The van der Waals surface area contributed by atoms with Crippen molar-refractivity contribution < 1.29 is 14.6 Å². The topological polar surface area (TPSA) is 61.8 Å². The van der Waals surface area contributed by atoms with Crippen LogP contribution in [0.25, 0.3) is 0 Å². The molecule has 172 valence electrons. The Hall–Kier alpha value is -1.79. The molecule has 1 saturated heterocycles. The molecule has 2 unspecified atom stereocenters. The van der Waals surface area contributed by atoms with Gasteiger partial charge in [0.25, 0.3) is 0 Å². The fourth-order valence-electron chi connectivity index (χ4n) is 5.74. The Balaban J connectivity index is 1.58. The molecule has 0 radical (unpaired) electrons. The summed E-state index contributed by atoms with van der Waals surface area (Å²) in [6, 6.07) is 12.8. The van der Waals surface area contributed by atoms with Crippen molar-refractivity contribution in [2.24, 2.45) is 0 Å². The highest BCUT2D eigenvalue weighted by Crippen LogP contribution is 2.53. The molecule has 1 saturated carbocycles. The minimum atomic E-state index is -0.362. The van der Waals surface area contributed by atoms with E-state index in [1.807, 2.05) is 18.2 Å². The Morgan fingerprint density at radius 1 is 1.22 bits per heavy atom. The van der Waals surface area contributed by atoms with Crippen LogP contribution in [0.4, 0.5) is 0 Å². The molecule has 2 aliphatic rings. The number of ether oxygens (including phenoxy) is 1. The van der Waals surface area contributed by atoms with Gasteiger partial charge >= 0.3 is 0 Å². The van der Waals surface area contributed by atoms with Gasteiger partial charge < -0.3 is 20.1 Å². The van der Waals surface area contributed by atoms with Crippen molar-refractivity contribution in [2.75, 3.05) is 27.2 Å². The summed E-state index contributed by atoms with van der Waals surface area (Å²) in [6.07, 6.45) is 3.60. The van der Waals surface area contributed by atoms with Crippen molar-refractivity contribution >= 4 is 29.1 Å². The summed E-state index contributed by atoms with van der Waals surface area (Å²) in [6.45, 7) is 1.76. The Kier molecular flexibility index (Phi) is 6.73. The quantitative estimate of drug-likeness (QED) is 0.663. The van der Waals surface area contributed by atoms with Gasteiger partial charge in [0.1, 0.15) is 5.75 Å². The Labute approximate surface area is 199 Å². The first-order valence-corrected chi connectivity index (χ1v) is 11.8. The summed E-state index contributed by atoms with van der Waals surface area (Å²) < 4.78 is 6.26. The van der Waals surface area contributed by atoms with Gasteiger partial charge in [-0.3, -0.25) is 4.79 Å². The predicted octanol–water partition coefficient (Wildman–Crippen LogP) is 4.57. The van der Waals surface area contributed by atoms with E-state index in [4.69, 9.17) is 27.9 Å². The van der Waals surface area contributed by atoms with E-state index in [-0.39, 0.29) is 35.1 Å². The number of rotatable bonds is 5. The van der Waals surface area contributed by atoms with Crippen LogP contribution in [0.15, 0.2) is 42.5 Å². The van der Waals surface area contributed by atoms with Crippen LogP contribution in [0.1, 0.15) is 36.8 Å². The van der Waals surface area contributed by atoms with Crippen LogP contribution >= 0.6 is 23.2 Å². The van der Waals surface area contributed by atoms with Gasteiger partial charge in [-0.2, -0.15) is 0 Å². The monoisotopic (exact) mass is 476 g/mol. The number of nitrogens with zero attached hydrogens (tertiary/aromatic N) is 1. The number of benzene rings is 2. The van der Waals surface area contributed by atoms with Crippen LogP contribution in [-0.2, 0) is 21.4 Å². The SMILES string of the molecule is COC12CC[C@H](NC(=O)Cc3ccc(Cl)c(Cl)c3)CC1(c1cccc(O)c1)CCN(C)C2. The van der Waals surface area contributed by atoms with Crippen LogP contribution in [0.5, 0.6) is 5.75 Å². The second kappa shape index (κ2) is 9.22. The zero-order valence-corrected chi connectivity index (χ0v) is 20.0. The summed E-state index contributed by atoms with van der Waals surface area (Å²) in [7, 11) is 3.91. The zero-order valence-electron chi connectivity index (χ0n) is 18.5. The van der Waals surface area contributed by atoms with Crippen LogP contribution in [0.2, 0.25) is 10.0 Å². The van der Waals surface area contributed by atoms with Crippen molar-refractivity contribution in [2.45, 2.75) is 49.2 Å². The van der Waals surface area contributed by atoms with Gasteiger partial charge in [-0.1, -0.05) is 41.4 Å². The lowest BCUT2D eigenvalue weighted by Crippen LogP contribution is -2.67. The van der Waals surface area contributed by atoms with E-state index in [0.717, 1.165) is 49.9 Å². The zero-order chi connectivity index (χ0) is 22.9. The number of halogens is 2. The average Bonchev–Trinajstić information content (AvgIpc) is 2.76. The molecule has 4 rings (SSSR count). The van der Waals surface area contributed by atoms with E-state index in [0.29, 0.717) is 10.0 Å². The second-order valence-electron chi connectivity index (χ2n) is 9.25. The molecular formula is C25H30Cl2N2O3. The lowest BCUT2D eigenvalue weighted by Gasteiger charge is -2.59. The van der Waals surface area contributed by atoms with E-state index in [9.17, 15) is 9.90 Å². The minimum absolute atomic E-state index is 0.0271. The summed E-state index contributed by atoms with van der Waals surface area (Å²) in [5, 5.41) is 14.4. The van der Waals surface area contributed by atoms with Gasteiger partial charge in [0.05, 0.1) is 22.1 Å². The number of phenols is 1. The van der Waals surface area contributed by atoms with Gasteiger partial charge in [0.2, 0.25) is 5.91 Å². The second-order valence-corrected chi connectivity index (χ2v) is 10.1. The molecule has 2 aromatic carbocycles. The molecule has 7 heteroatoms. The standard InChI is InChI=1S/C25H30Cl2N2O3/c1-29-11-10-24(18-4-3-5-20(30)14-18)15-19(8-9-25(24,16-29)32-2)28-23(31)13-17-6-7-21(26)22(27)12-17/h3-7,12,14,19,30H,8-11,13,15-16H2,1-2H3,(H,28,31)/t19-,24?,25?/m0/s1. The fourth-order valence-corrected chi connectivity index (χ4v) is 6.06. The number of methoxy groups -OCH3 is 1. The highest BCUT2D eigenvalue weighted by molar-refractivity contribution is 6.42. The summed E-state index contributed by atoms with van der Waals surface area (Å²) in [4.78, 5) is 15.2. The predicted molar refractivity (Wildman–Crippen MR) is 128 cm³/mol. The number of amides is 1. The maximum absolute atomic E-state index is 12.9. The summed E-state index contributed by atoms with van der Waals surface area (Å²) >= 11 is 12.1. The number of fused-ring (bicyclic) bond motifs is 1. The molecule has 0 spiro atoms. The molecular weight excluding hydrogens is 447 g/mol. The van der Waals surface area contributed by atoms with Gasteiger partial charge in [0.15, 0.2) is 0 Å². The first kappa shape index (κ1) is 23.4. The number of aromatic hydroxyl groups is 1. The highest BCUT2D eigenvalue weighted by atomic mass is 35.5. The van der Waals surface area contributed by atoms with Gasteiger partial charge in [-0.05, 0) is 74.7 Å². The lowest BCUT2D eigenvalue weighted by atomic mass is 9.55. The van der Waals surface area contributed by atoms with Gasteiger partial charge in [0, 0.05) is 25.1 Å². The number of hydrogen-bond acceptors (Lipinski definition) is 4.